The zero-order valence-corrected chi connectivity index (χ0v) is 13.7. The van der Waals surface area contributed by atoms with Crippen LogP contribution in [-0.2, 0) is 17.6 Å². The van der Waals surface area contributed by atoms with Crippen LogP contribution in [0.4, 0.5) is 0 Å². The Morgan fingerprint density at radius 1 is 1.04 bits per heavy atom. The molecule has 126 valence electrons. The van der Waals surface area contributed by atoms with Gasteiger partial charge in [-0.2, -0.15) is 4.73 Å². The average Bonchev–Trinajstić information content (AvgIpc) is 3.17. The van der Waals surface area contributed by atoms with Crippen LogP contribution in [0.3, 0.4) is 0 Å². The smallest absolute Gasteiger partial charge is 0.224 e. The van der Waals surface area contributed by atoms with Crippen LogP contribution in [0, 0.1) is 0 Å². The molecular weight excluding hydrogens is 314 g/mol. The number of para-hydroxylation sites is 2. The molecule has 2 heterocycles. The molecule has 5 heteroatoms. The van der Waals surface area contributed by atoms with E-state index in [2.05, 4.69) is 10.3 Å². The summed E-state index contributed by atoms with van der Waals surface area (Å²) in [6.07, 6.45) is 4.62. The van der Waals surface area contributed by atoms with Gasteiger partial charge in [-0.25, -0.2) is 0 Å². The van der Waals surface area contributed by atoms with Crippen molar-refractivity contribution in [2.75, 3.05) is 6.54 Å². The van der Waals surface area contributed by atoms with Crippen LogP contribution in [0.1, 0.15) is 11.1 Å². The molecular formula is C20H19N3O2. The zero-order chi connectivity index (χ0) is 17.2. The van der Waals surface area contributed by atoms with Gasteiger partial charge in [0.2, 0.25) is 5.91 Å². The monoisotopic (exact) mass is 333 g/mol. The molecule has 5 nitrogen and oxygen atoms in total. The normalized spacial score (nSPS) is 11.2. The van der Waals surface area contributed by atoms with Crippen molar-refractivity contribution in [3.8, 4) is 0 Å². The number of benzene rings is 2. The molecule has 0 aliphatic heterocycles. The molecule has 0 aliphatic rings. The SMILES string of the molecule is O=C(Cc1c[nH]c2ccccc12)NCCc1cn(O)c2ccccc12. The molecule has 1 amide bonds. The Labute approximate surface area is 144 Å². The van der Waals surface area contributed by atoms with Crippen LogP contribution in [0.25, 0.3) is 21.8 Å². The van der Waals surface area contributed by atoms with Gasteiger partial charge in [-0.15, -0.1) is 0 Å². The van der Waals surface area contributed by atoms with Crippen molar-refractivity contribution in [1.82, 2.24) is 15.0 Å². The largest absolute Gasteiger partial charge is 0.428 e. The highest BCUT2D eigenvalue weighted by Crippen LogP contribution is 2.20. The van der Waals surface area contributed by atoms with Gasteiger partial charge in [-0.1, -0.05) is 36.4 Å². The number of aromatic nitrogens is 2. The first-order chi connectivity index (χ1) is 12.2. The molecule has 4 aromatic rings. The molecule has 2 aromatic heterocycles. The third-order valence-electron chi connectivity index (χ3n) is 4.52. The van der Waals surface area contributed by atoms with E-state index in [1.807, 2.05) is 54.7 Å². The Balaban J connectivity index is 1.39. The van der Waals surface area contributed by atoms with E-state index in [0.29, 0.717) is 19.4 Å². The summed E-state index contributed by atoms with van der Waals surface area (Å²) in [4.78, 5) is 15.4. The van der Waals surface area contributed by atoms with Crippen LogP contribution < -0.4 is 5.32 Å². The summed E-state index contributed by atoms with van der Waals surface area (Å²) in [6, 6.07) is 15.7. The highest BCUT2D eigenvalue weighted by molar-refractivity contribution is 5.89. The van der Waals surface area contributed by atoms with Gasteiger partial charge in [0, 0.05) is 35.2 Å². The number of rotatable bonds is 5. The van der Waals surface area contributed by atoms with Gasteiger partial charge in [-0.3, -0.25) is 4.79 Å². The van der Waals surface area contributed by atoms with Crippen molar-refractivity contribution >= 4 is 27.7 Å². The summed E-state index contributed by atoms with van der Waals surface area (Å²) in [5, 5.41) is 15.0. The summed E-state index contributed by atoms with van der Waals surface area (Å²) in [6.45, 7) is 0.537. The Bertz CT molecular complexity index is 1050. The van der Waals surface area contributed by atoms with Crippen molar-refractivity contribution in [2.24, 2.45) is 0 Å². The second kappa shape index (κ2) is 6.36. The van der Waals surface area contributed by atoms with Gasteiger partial charge in [0.1, 0.15) is 0 Å². The second-order valence-corrected chi connectivity index (χ2v) is 6.15. The van der Waals surface area contributed by atoms with Gasteiger partial charge in [0.15, 0.2) is 0 Å². The first kappa shape index (κ1) is 15.3. The lowest BCUT2D eigenvalue weighted by atomic mass is 10.1. The van der Waals surface area contributed by atoms with Gasteiger partial charge in [0.05, 0.1) is 11.9 Å². The molecule has 0 aliphatic carbocycles. The number of amides is 1. The van der Waals surface area contributed by atoms with Crippen LogP contribution >= 0.6 is 0 Å². The highest BCUT2D eigenvalue weighted by atomic mass is 16.5. The van der Waals surface area contributed by atoms with Crippen LogP contribution in [0.15, 0.2) is 60.9 Å². The van der Waals surface area contributed by atoms with Crippen molar-refractivity contribution in [2.45, 2.75) is 12.8 Å². The minimum Gasteiger partial charge on any atom is -0.428 e. The first-order valence-electron chi connectivity index (χ1n) is 8.32. The van der Waals surface area contributed by atoms with E-state index < -0.39 is 0 Å². The van der Waals surface area contributed by atoms with Crippen molar-refractivity contribution in [1.29, 1.82) is 0 Å². The molecule has 0 spiro atoms. The molecule has 0 saturated carbocycles. The lowest BCUT2D eigenvalue weighted by Crippen LogP contribution is -2.27. The number of aromatic amines is 1. The fourth-order valence-electron chi connectivity index (χ4n) is 3.28. The quantitative estimate of drug-likeness (QED) is 0.491. The molecule has 3 N–H and O–H groups in total. The molecule has 0 saturated heterocycles. The predicted octanol–water partition coefficient (Wildman–Crippen LogP) is 3.26. The van der Waals surface area contributed by atoms with E-state index in [0.717, 1.165) is 37.7 Å². The van der Waals surface area contributed by atoms with E-state index in [4.69, 9.17) is 0 Å². The number of nitrogens with one attached hydrogen (secondary N) is 2. The Kier molecular flexibility index (Phi) is 3.90. The highest BCUT2D eigenvalue weighted by Gasteiger charge is 2.10. The molecule has 0 unspecified atom stereocenters. The Morgan fingerprint density at radius 3 is 2.68 bits per heavy atom. The van der Waals surface area contributed by atoms with Crippen molar-refractivity contribution in [3.63, 3.8) is 0 Å². The fourth-order valence-corrected chi connectivity index (χ4v) is 3.28. The van der Waals surface area contributed by atoms with Gasteiger partial charge >= 0.3 is 0 Å². The lowest BCUT2D eigenvalue weighted by Gasteiger charge is -2.04. The maximum Gasteiger partial charge on any atom is 0.224 e. The minimum atomic E-state index is -0.00232. The third kappa shape index (κ3) is 2.96. The number of fused-ring (bicyclic) bond motifs is 2. The summed E-state index contributed by atoms with van der Waals surface area (Å²) in [5.74, 6) is -0.00232. The zero-order valence-electron chi connectivity index (χ0n) is 13.7. The van der Waals surface area contributed by atoms with Crippen LogP contribution in [0.2, 0.25) is 0 Å². The van der Waals surface area contributed by atoms with E-state index in [9.17, 15) is 10.0 Å². The number of hydrogen-bond acceptors (Lipinski definition) is 2. The fraction of sp³-hybridized carbons (Fsp3) is 0.150. The van der Waals surface area contributed by atoms with Crippen molar-refractivity contribution in [3.05, 3.63) is 72.1 Å². The molecule has 0 atom stereocenters. The summed E-state index contributed by atoms with van der Waals surface area (Å²) >= 11 is 0. The summed E-state index contributed by atoms with van der Waals surface area (Å²) in [5.41, 5.74) is 3.84. The van der Waals surface area contributed by atoms with Gasteiger partial charge in [0.25, 0.3) is 0 Å². The molecule has 2 aromatic carbocycles. The van der Waals surface area contributed by atoms with Crippen LogP contribution in [0.5, 0.6) is 0 Å². The van der Waals surface area contributed by atoms with Gasteiger partial charge in [-0.05, 0) is 29.7 Å². The standard InChI is InChI=1S/C20H19N3O2/c24-20(11-15-12-22-18-7-3-1-5-16(15)18)21-10-9-14-13-23(25)19-8-4-2-6-17(14)19/h1-8,12-13,22,25H,9-11H2,(H,21,24). The van der Waals surface area contributed by atoms with E-state index in [1.54, 1.807) is 6.20 Å². The number of H-pyrrole nitrogens is 1. The van der Waals surface area contributed by atoms with E-state index in [1.165, 1.54) is 0 Å². The summed E-state index contributed by atoms with van der Waals surface area (Å²) < 4.78 is 1.14. The topological polar surface area (TPSA) is 70.0 Å². The van der Waals surface area contributed by atoms with Crippen LogP contribution in [-0.4, -0.2) is 27.4 Å². The van der Waals surface area contributed by atoms with Crippen molar-refractivity contribution < 1.29 is 10.0 Å². The molecule has 4 rings (SSSR count). The number of carbonyl (C=O) groups is 1. The maximum atomic E-state index is 12.2. The first-order valence-corrected chi connectivity index (χ1v) is 8.32. The Morgan fingerprint density at radius 2 is 1.80 bits per heavy atom. The van der Waals surface area contributed by atoms with Gasteiger partial charge < -0.3 is 15.5 Å². The minimum absolute atomic E-state index is 0.00232. The average molecular weight is 333 g/mol. The number of nitrogens with zero attached hydrogens (tertiary/aromatic N) is 1. The second-order valence-electron chi connectivity index (χ2n) is 6.15. The number of hydrogen-bond donors (Lipinski definition) is 3. The third-order valence-corrected chi connectivity index (χ3v) is 4.52. The molecule has 0 bridgehead atoms. The van der Waals surface area contributed by atoms with E-state index >= 15 is 0 Å². The summed E-state index contributed by atoms with van der Waals surface area (Å²) in [7, 11) is 0. The predicted molar refractivity (Wildman–Crippen MR) is 97.8 cm³/mol. The number of carbonyl (C=O) groups excluding carboxylic acids is 1. The molecule has 0 fully saturated rings. The Hall–Kier alpha value is -3.21. The lowest BCUT2D eigenvalue weighted by molar-refractivity contribution is -0.120. The molecule has 0 radical (unpaired) electrons. The van der Waals surface area contributed by atoms with E-state index in [-0.39, 0.29) is 5.91 Å². The molecule has 25 heavy (non-hydrogen) atoms. The maximum absolute atomic E-state index is 12.2.